The van der Waals surface area contributed by atoms with E-state index >= 15 is 0 Å². The molecule has 0 aromatic heterocycles. The maximum Gasteiger partial charge on any atom is 0.0144 e. The first-order chi connectivity index (χ1) is 6.00. The Labute approximate surface area is 74.7 Å². The highest BCUT2D eigenvalue weighted by Gasteiger charge is 1.85. The van der Waals surface area contributed by atoms with Gasteiger partial charge in [-0.1, -0.05) is 12.2 Å². The van der Waals surface area contributed by atoms with Crippen LogP contribution in [0.3, 0.4) is 0 Å². The minimum atomic E-state index is 1.16. The van der Waals surface area contributed by atoms with Crippen LogP contribution >= 0.6 is 0 Å². The normalized spacial score (nSPS) is 20.0. The SMILES string of the molecule is C1=CNCCC1.C1=CNCCC1. The fourth-order valence-corrected chi connectivity index (χ4v) is 1.14. The molecule has 0 atom stereocenters. The van der Waals surface area contributed by atoms with Gasteiger partial charge in [-0.2, -0.15) is 0 Å². The molecule has 2 heteroatoms. The van der Waals surface area contributed by atoms with E-state index in [1.165, 1.54) is 25.7 Å². The third-order valence-corrected chi connectivity index (χ3v) is 1.86. The number of rotatable bonds is 0. The van der Waals surface area contributed by atoms with Crippen molar-refractivity contribution in [3.8, 4) is 0 Å². The Morgan fingerprint density at radius 3 is 1.33 bits per heavy atom. The van der Waals surface area contributed by atoms with Crippen LogP contribution in [0.1, 0.15) is 25.7 Å². The van der Waals surface area contributed by atoms with Crippen LogP contribution < -0.4 is 10.6 Å². The first-order valence-electron chi connectivity index (χ1n) is 4.77. The van der Waals surface area contributed by atoms with Gasteiger partial charge in [0.15, 0.2) is 0 Å². The lowest BCUT2D eigenvalue weighted by Crippen LogP contribution is -2.09. The van der Waals surface area contributed by atoms with Crippen LogP contribution in [0.4, 0.5) is 0 Å². The van der Waals surface area contributed by atoms with Crippen molar-refractivity contribution in [1.82, 2.24) is 10.6 Å². The van der Waals surface area contributed by atoms with Gasteiger partial charge in [-0.05, 0) is 38.1 Å². The van der Waals surface area contributed by atoms with Crippen LogP contribution in [0, 0.1) is 0 Å². The van der Waals surface area contributed by atoms with Gasteiger partial charge in [-0.25, -0.2) is 0 Å². The molecule has 0 fully saturated rings. The van der Waals surface area contributed by atoms with Crippen LogP contribution in [0.15, 0.2) is 24.6 Å². The smallest absolute Gasteiger partial charge is 0.0144 e. The van der Waals surface area contributed by atoms with E-state index in [1.807, 2.05) is 12.4 Å². The van der Waals surface area contributed by atoms with Crippen molar-refractivity contribution in [2.45, 2.75) is 25.7 Å². The minimum absolute atomic E-state index is 1.16. The van der Waals surface area contributed by atoms with E-state index in [1.54, 1.807) is 0 Å². The Bertz CT molecular complexity index is 116. The number of hydrogen-bond donors (Lipinski definition) is 2. The number of allylic oxidation sites excluding steroid dienone is 2. The van der Waals surface area contributed by atoms with Crippen LogP contribution in [0.2, 0.25) is 0 Å². The predicted octanol–water partition coefficient (Wildman–Crippen LogP) is 1.77. The van der Waals surface area contributed by atoms with E-state index in [-0.39, 0.29) is 0 Å². The number of hydrogen-bond acceptors (Lipinski definition) is 2. The monoisotopic (exact) mass is 166 g/mol. The molecule has 12 heavy (non-hydrogen) atoms. The zero-order valence-corrected chi connectivity index (χ0v) is 7.55. The van der Waals surface area contributed by atoms with Gasteiger partial charge in [0, 0.05) is 13.1 Å². The zero-order chi connectivity index (χ0) is 8.49. The molecule has 0 saturated heterocycles. The summed E-state index contributed by atoms with van der Waals surface area (Å²) in [6, 6.07) is 0. The third kappa shape index (κ3) is 4.83. The van der Waals surface area contributed by atoms with E-state index in [0.717, 1.165) is 13.1 Å². The topological polar surface area (TPSA) is 24.1 Å². The Hall–Kier alpha value is -0.920. The summed E-state index contributed by atoms with van der Waals surface area (Å²) in [5.74, 6) is 0. The van der Waals surface area contributed by atoms with Crippen molar-refractivity contribution in [1.29, 1.82) is 0 Å². The highest BCUT2D eigenvalue weighted by atomic mass is 14.8. The molecule has 2 heterocycles. The molecule has 0 bridgehead atoms. The molecule has 0 aromatic rings. The van der Waals surface area contributed by atoms with Crippen molar-refractivity contribution >= 4 is 0 Å². The first-order valence-corrected chi connectivity index (χ1v) is 4.77. The summed E-state index contributed by atoms with van der Waals surface area (Å²) in [4.78, 5) is 0. The molecule has 2 rings (SSSR count). The lowest BCUT2D eigenvalue weighted by molar-refractivity contribution is 0.728. The molecule has 2 aliphatic rings. The van der Waals surface area contributed by atoms with E-state index in [0.29, 0.717) is 0 Å². The van der Waals surface area contributed by atoms with Gasteiger partial charge >= 0.3 is 0 Å². The summed E-state index contributed by atoms with van der Waals surface area (Å²) in [6.45, 7) is 2.33. The second-order valence-electron chi connectivity index (χ2n) is 3.00. The summed E-state index contributed by atoms with van der Waals surface area (Å²) in [6.07, 6.45) is 13.5. The van der Waals surface area contributed by atoms with E-state index in [9.17, 15) is 0 Å². The Morgan fingerprint density at radius 1 is 0.750 bits per heavy atom. The second kappa shape index (κ2) is 6.77. The Morgan fingerprint density at radius 2 is 1.25 bits per heavy atom. The summed E-state index contributed by atoms with van der Waals surface area (Å²) in [5.41, 5.74) is 0. The Kier molecular flexibility index (Phi) is 5.17. The summed E-state index contributed by atoms with van der Waals surface area (Å²) >= 11 is 0. The van der Waals surface area contributed by atoms with Gasteiger partial charge in [0.25, 0.3) is 0 Å². The standard InChI is InChI=1S/2C5H9N/c2*1-2-4-6-5-3-1/h2*2,4,6H,1,3,5H2. The van der Waals surface area contributed by atoms with Crippen molar-refractivity contribution < 1.29 is 0 Å². The fraction of sp³-hybridized carbons (Fsp3) is 0.600. The molecule has 0 aromatic carbocycles. The maximum atomic E-state index is 3.10. The molecule has 0 unspecified atom stereocenters. The van der Waals surface area contributed by atoms with Crippen LogP contribution in [-0.4, -0.2) is 13.1 Å². The van der Waals surface area contributed by atoms with Gasteiger partial charge in [-0.3, -0.25) is 0 Å². The van der Waals surface area contributed by atoms with Crippen LogP contribution in [0.5, 0.6) is 0 Å². The summed E-state index contributed by atoms with van der Waals surface area (Å²) < 4.78 is 0. The van der Waals surface area contributed by atoms with E-state index < -0.39 is 0 Å². The van der Waals surface area contributed by atoms with Crippen LogP contribution in [0.25, 0.3) is 0 Å². The zero-order valence-electron chi connectivity index (χ0n) is 7.55. The van der Waals surface area contributed by atoms with Gasteiger partial charge in [0.2, 0.25) is 0 Å². The van der Waals surface area contributed by atoms with Crippen molar-refractivity contribution in [2.24, 2.45) is 0 Å². The van der Waals surface area contributed by atoms with Crippen molar-refractivity contribution in [2.75, 3.05) is 13.1 Å². The molecule has 68 valence electrons. The molecule has 0 radical (unpaired) electrons. The molecular formula is C10H18N2. The average Bonchev–Trinajstić information content (AvgIpc) is 2.24. The molecule has 2 nitrogen and oxygen atoms in total. The van der Waals surface area contributed by atoms with Gasteiger partial charge < -0.3 is 10.6 Å². The highest BCUT2D eigenvalue weighted by Crippen LogP contribution is 1.92. The number of nitrogens with one attached hydrogen (secondary N) is 2. The van der Waals surface area contributed by atoms with Gasteiger partial charge in [0.05, 0.1) is 0 Å². The molecular weight excluding hydrogens is 148 g/mol. The van der Waals surface area contributed by atoms with Gasteiger partial charge in [0.1, 0.15) is 0 Å². The summed E-state index contributed by atoms with van der Waals surface area (Å²) in [5, 5.41) is 6.21. The second-order valence-corrected chi connectivity index (χ2v) is 3.00. The first kappa shape index (κ1) is 9.17. The molecule has 2 N–H and O–H groups in total. The summed E-state index contributed by atoms with van der Waals surface area (Å²) in [7, 11) is 0. The average molecular weight is 166 g/mol. The van der Waals surface area contributed by atoms with Crippen LogP contribution in [-0.2, 0) is 0 Å². The maximum absolute atomic E-state index is 3.10. The fourth-order valence-electron chi connectivity index (χ4n) is 1.14. The lowest BCUT2D eigenvalue weighted by Gasteiger charge is -2.02. The molecule has 0 spiro atoms. The van der Waals surface area contributed by atoms with Crippen molar-refractivity contribution in [3.63, 3.8) is 0 Å². The molecule has 0 aliphatic carbocycles. The minimum Gasteiger partial charge on any atom is -0.391 e. The lowest BCUT2D eigenvalue weighted by atomic mass is 10.2. The largest absolute Gasteiger partial charge is 0.391 e. The molecule has 2 aliphatic heterocycles. The predicted molar refractivity (Wildman–Crippen MR) is 52.8 cm³/mol. The quantitative estimate of drug-likeness (QED) is 0.573. The van der Waals surface area contributed by atoms with E-state index in [4.69, 9.17) is 0 Å². The third-order valence-electron chi connectivity index (χ3n) is 1.86. The van der Waals surface area contributed by atoms with Gasteiger partial charge in [-0.15, -0.1) is 0 Å². The van der Waals surface area contributed by atoms with E-state index in [2.05, 4.69) is 22.8 Å². The Balaban J connectivity index is 0.000000120. The highest BCUT2D eigenvalue weighted by molar-refractivity contribution is 4.84. The molecule has 0 amide bonds. The molecule has 0 saturated carbocycles. The van der Waals surface area contributed by atoms with Crippen molar-refractivity contribution in [3.05, 3.63) is 24.6 Å².